The third-order valence-electron chi connectivity index (χ3n) is 5.21. The van der Waals surface area contributed by atoms with Crippen molar-refractivity contribution in [3.05, 3.63) is 65.7 Å². The summed E-state index contributed by atoms with van der Waals surface area (Å²) in [5.41, 5.74) is 1.95. The first-order chi connectivity index (χ1) is 14.0. The molecule has 0 heterocycles. The molecule has 0 aromatic heterocycles. The number of aliphatic hydroxyl groups is 1. The Morgan fingerprint density at radius 2 is 1.72 bits per heavy atom. The van der Waals surface area contributed by atoms with Crippen LogP contribution in [0, 0.1) is 0 Å². The van der Waals surface area contributed by atoms with Gasteiger partial charge in [-0.25, -0.2) is 0 Å². The molecule has 5 heteroatoms. The van der Waals surface area contributed by atoms with Crippen LogP contribution in [0.3, 0.4) is 0 Å². The zero-order valence-corrected chi connectivity index (χ0v) is 17.7. The van der Waals surface area contributed by atoms with Crippen molar-refractivity contribution >= 4 is 5.91 Å². The number of carbonyl (C=O) groups is 1. The maximum Gasteiger partial charge on any atom is 0.222 e. The van der Waals surface area contributed by atoms with Gasteiger partial charge in [-0.05, 0) is 43.0 Å². The Labute approximate surface area is 174 Å². The van der Waals surface area contributed by atoms with Crippen LogP contribution in [0.5, 0.6) is 5.75 Å². The van der Waals surface area contributed by atoms with Gasteiger partial charge in [-0.3, -0.25) is 4.79 Å². The van der Waals surface area contributed by atoms with Crippen LogP contribution in [0.2, 0.25) is 0 Å². The normalized spacial score (nSPS) is 13.0. The van der Waals surface area contributed by atoms with Crippen LogP contribution in [0.1, 0.15) is 49.8 Å². The largest absolute Gasteiger partial charge is 0.497 e. The summed E-state index contributed by atoms with van der Waals surface area (Å²) < 4.78 is 10.8. The van der Waals surface area contributed by atoms with E-state index >= 15 is 0 Å². The number of nitrogens with zero attached hydrogens (tertiary/aromatic N) is 1. The second-order valence-corrected chi connectivity index (χ2v) is 7.31. The number of benzene rings is 2. The van der Waals surface area contributed by atoms with Gasteiger partial charge in [-0.15, -0.1) is 0 Å². The van der Waals surface area contributed by atoms with E-state index in [-0.39, 0.29) is 11.9 Å². The minimum Gasteiger partial charge on any atom is -0.497 e. The standard InChI is InChI=1S/C24H33NO4/c1-19(24(27)21-10-6-4-7-11-21)25(2)23(26)12-8-5-9-17-29-18-20-13-15-22(28-3)16-14-20/h4,6-7,10-11,13-16,19,24,27H,5,8-9,12,17-18H2,1-3H3/t19-,24+/m1/s1. The Kier molecular flexibility index (Phi) is 9.68. The fourth-order valence-electron chi connectivity index (χ4n) is 3.11. The summed E-state index contributed by atoms with van der Waals surface area (Å²) in [5.74, 6) is 0.903. The molecule has 5 nitrogen and oxygen atoms in total. The van der Waals surface area contributed by atoms with Crippen LogP contribution in [0.4, 0.5) is 0 Å². The first kappa shape index (κ1) is 22.9. The summed E-state index contributed by atoms with van der Waals surface area (Å²) in [6.45, 7) is 3.14. The summed E-state index contributed by atoms with van der Waals surface area (Å²) in [5, 5.41) is 10.5. The molecule has 0 aliphatic carbocycles. The number of carbonyl (C=O) groups excluding carboxylic acids is 1. The zero-order chi connectivity index (χ0) is 21.1. The van der Waals surface area contributed by atoms with Crippen LogP contribution in [-0.2, 0) is 16.1 Å². The molecule has 2 aromatic rings. The molecule has 0 unspecified atom stereocenters. The van der Waals surface area contributed by atoms with Gasteiger partial charge in [0.25, 0.3) is 0 Å². The Bertz CT molecular complexity index is 717. The smallest absolute Gasteiger partial charge is 0.222 e. The van der Waals surface area contributed by atoms with Crippen molar-refractivity contribution in [2.45, 2.75) is 51.4 Å². The summed E-state index contributed by atoms with van der Waals surface area (Å²) >= 11 is 0. The number of likely N-dealkylation sites (N-methyl/N-ethyl adjacent to an activating group) is 1. The number of hydrogen-bond donors (Lipinski definition) is 1. The van der Waals surface area contributed by atoms with E-state index in [2.05, 4.69) is 0 Å². The summed E-state index contributed by atoms with van der Waals surface area (Å²) in [4.78, 5) is 14.1. The highest BCUT2D eigenvalue weighted by atomic mass is 16.5. The molecule has 158 valence electrons. The average Bonchev–Trinajstić information content (AvgIpc) is 2.77. The van der Waals surface area contributed by atoms with Crippen molar-refractivity contribution < 1.29 is 19.4 Å². The summed E-state index contributed by atoms with van der Waals surface area (Å²) in [7, 11) is 3.41. The molecule has 29 heavy (non-hydrogen) atoms. The van der Waals surface area contributed by atoms with Crippen molar-refractivity contribution in [1.29, 1.82) is 0 Å². The van der Waals surface area contributed by atoms with E-state index in [0.29, 0.717) is 19.6 Å². The lowest BCUT2D eigenvalue weighted by atomic mass is 10.0. The maximum atomic E-state index is 12.4. The van der Waals surface area contributed by atoms with Gasteiger partial charge in [0.15, 0.2) is 0 Å². The van der Waals surface area contributed by atoms with Gasteiger partial charge >= 0.3 is 0 Å². The molecule has 0 aliphatic heterocycles. The quantitative estimate of drug-likeness (QED) is 0.539. The van der Waals surface area contributed by atoms with E-state index < -0.39 is 6.10 Å². The monoisotopic (exact) mass is 399 g/mol. The molecular formula is C24H33NO4. The molecule has 1 N–H and O–H groups in total. The highest BCUT2D eigenvalue weighted by Crippen LogP contribution is 2.20. The maximum absolute atomic E-state index is 12.4. The third kappa shape index (κ3) is 7.52. The number of hydrogen-bond acceptors (Lipinski definition) is 4. The van der Waals surface area contributed by atoms with Crippen LogP contribution in [0.15, 0.2) is 54.6 Å². The number of rotatable bonds is 12. The third-order valence-corrected chi connectivity index (χ3v) is 5.21. The lowest BCUT2D eigenvalue weighted by Gasteiger charge is -2.29. The molecule has 2 atom stereocenters. The second-order valence-electron chi connectivity index (χ2n) is 7.31. The van der Waals surface area contributed by atoms with Crippen molar-refractivity contribution in [1.82, 2.24) is 4.90 Å². The fraction of sp³-hybridized carbons (Fsp3) is 0.458. The van der Waals surface area contributed by atoms with E-state index in [1.807, 2.05) is 61.5 Å². The van der Waals surface area contributed by atoms with Crippen LogP contribution in [0.25, 0.3) is 0 Å². The van der Waals surface area contributed by atoms with Crippen molar-refractivity contribution in [2.75, 3.05) is 20.8 Å². The summed E-state index contributed by atoms with van der Waals surface area (Å²) in [6.07, 6.45) is 2.49. The van der Waals surface area contributed by atoms with Crippen LogP contribution in [-0.4, -0.2) is 42.7 Å². The highest BCUT2D eigenvalue weighted by Gasteiger charge is 2.23. The molecule has 0 saturated heterocycles. The summed E-state index contributed by atoms with van der Waals surface area (Å²) in [6, 6.07) is 17.0. The Hall–Kier alpha value is -2.37. The Morgan fingerprint density at radius 3 is 2.38 bits per heavy atom. The van der Waals surface area contributed by atoms with Gasteiger partial charge in [-0.1, -0.05) is 48.9 Å². The Morgan fingerprint density at radius 1 is 1.03 bits per heavy atom. The molecule has 1 amide bonds. The van der Waals surface area contributed by atoms with Crippen molar-refractivity contribution in [3.8, 4) is 5.75 Å². The molecule has 2 aromatic carbocycles. The SMILES string of the molecule is COc1ccc(COCCCCCC(=O)N(C)[C@H](C)[C@H](O)c2ccccc2)cc1. The molecule has 0 fully saturated rings. The van der Waals surface area contributed by atoms with Gasteiger partial charge in [0, 0.05) is 20.1 Å². The van der Waals surface area contributed by atoms with E-state index in [0.717, 1.165) is 36.1 Å². The molecule has 0 saturated carbocycles. The topological polar surface area (TPSA) is 59.0 Å². The zero-order valence-electron chi connectivity index (χ0n) is 17.7. The minimum absolute atomic E-state index is 0.0617. The van der Waals surface area contributed by atoms with Gasteiger partial charge in [-0.2, -0.15) is 0 Å². The van der Waals surface area contributed by atoms with Gasteiger partial charge in [0.1, 0.15) is 5.75 Å². The van der Waals surface area contributed by atoms with E-state index in [1.54, 1.807) is 19.1 Å². The first-order valence-corrected chi connectivity index (χ1v) is 10.2. The number of unbranched alkanes of at least 4 members (excludes halogenated alkanes) is 2. The second kappa shape index (κ2) is 12.2. The number of ether oxygens (including phenoxy) is 2. The van der Waals surface area contributed by atoms with Crippen molar-refractivity contribution in [2.24, 2.45) is 0 Å². The van der Waals surface area contributed by atoms with E-state index in [4.69, 9.17) is 9.47 Å². The lowest BCUT2D eigenvalue weighted by Crippen LogP contribution is -2.38. The Balaban J connectivity index is 1.59. The van der Waals surface area contributed by atoms with Gasteiger partial charge in [0.05, 0.1) is 25.9 Å². The number of aliphatic hydroxyl groups excluding tert-OH is 1. The lowest BCUT2D eigenvalue weighted by molar-refractivity contribution is -0.134. The predicted molar refractivity (Wildman–Crippen MR) is 115 cm³/mol. The van der Waals surface area contributed by atoms with Crippen LogP contribution < -0.4 is 4.74 Å². The van der Waals surface area contributed by atoms with Gasteiger partial charge < -0.3 is 19.5 Å². The molecular weight excluding hydrogens is 366 g/mol. The first-order valence-electron chi connectivity index (χ1n) is 10.2. The van der Waals surface area contributed by atoms with Crippen molar-refractivity contribution in [3.63, 3.8) is 0 Å². The van der Waals surface area contributed by atoms with E-state index in [9.17, 15) is 9.90 Å². The van der Waals surface area contributed by atoms with E-state index in [1.165, 1.54) is 0 Å². The number of amides is 1. The predicted octanol–water partition coefficient (Wildman–Crippen LogP) is 4.35. The van der Waals surface area contributed by atoms with Crippen LogP contribution >= 0.6 is 0 Å². The molecule has 0 bridgehead atoms. The molecule has 0 aliphatic rings. The fourth-order valence-corrected chi connectivity index (χ4v) is 3.11. The molecule has 0 radical (unpaired) electrons. The number of methoxy groups -OCH3 is 1. The van der Waals surface area contributed by atoms with Gasteiger partial charge in [0.2, 0.25) is 5.91 Å². The molecule has 2 rings (SSSR count). The highest BCUT2D eigenvalue weighted by molar-refractivity contribution is 5.76. The average molecular weight is 400 g/mol. The minimum atomic E-state index is -0.684. The molecule has 0 spiro atoms.